The summed E-state index contributed by atoms with van der Waals surface area (Å²) in [6.07, 6.45) is 3.50. The highest BCUT2D eigenvalue weighted by molar-refractivity contribution is 5.79. The Bertz CT molecular complexity index is 622. The third kappa shape index (κ3) is 3.48. The Kier molecular flexibility index (Phi) is 4.42. The molecule has 22 heavy (non-hydrogen) atoms. The van der Waals surface area contributed by atoms with Crippen LogP contribution in [0.15, 0.2) is 54.6 Å². The van der Waals surface area contributed by atoms with E-state index in [9.17, 15) is 9.90 Å². The van der Waals surface area contributed by atoms with Crippen LogP contribution >= 0.6 is 0 Å². The predicted octanol–water partition coefficient (Wildman–Crippen LogP) is 3.17. The number of phenolic OH excluding ortho intramolecular Hbond substituents is 1. The smallest absolute Gasteiger partial charge is 0.227 e. The van der Waals surface area contributed by atoms with Gasteiger partial charge in [0.25, 0.3) is 0 Å². The average Bonchev–Trinajstić information content (AvgIpc) is 2.99. The van der Waals surface area contributed by atoms with Gasteiger partial charge in [-0.3, -0.25) is 4.79 Å². The Morgan fingerprint density at radius 3 is 2.50 bits per heavy atom. The Morgan fingerprint density at radius 1 is 1.05 bits per heavy atom. The average molecular weight is 295 g/mol. The largest absolute Gasteiger partial charge is 0.508 e. The van der Waals surface area contributed by atoms with E-state index in [4.69, 9.17) is 0 Å². The summed E-state index contributed by atoms with van der Waals surface area (Å²) in [5.74, 6) is 0.420. The number of carbonyl (C=O) groups is 1. The molecule has 3 rings (SSSR count). The summed E-state index contributed by atoms with van der Waals surface area (Å²) in [6, 6.07) is 17.6. The maximum atomic E-state index is 12.6. The molecule has 1 saturated heterocycles. The van der Waals surface area contributed by atoms with Gasteiger partial charge in [-0.2, -0.15) is 0 Å². The molecule has 3 nitrogen and oxygen atoms in total. The van der Waals surface area contributed by atoms with Gasteiger partial charge in [0, 0.05) is 12.6 Å². The number of hydrogen-bond acceptors (Lipinski definition) is 2. The molecule has 1 aliphatic rings. The highest BCUT2D eigenvalue weighted by Crippen LogP contribution is 2.22. The first kappa shape index (κ1) is 14.6. The molecule has 0 saturated carbocycles. The summed E-state index contributed by atoms with van der Waals surface area (Å²) in [6.45, 7) is 0.856. The number of benzene rings is 2. The van der Waals surface area contributed by atoms with Crippen molar-refractivity contribution < 1.29 is 9.90 Å². The van der Waals surface area contributed by atoms with Crippen LogP contribution in [0.5, 0.6) is 5.75 Å². The van der Waals surface area contributed by atoms with Gasteiger partial charge in [0.2, 0.25) is 5.91 Å². The maximum Gasteiger partial charge on any atom is 0.227 e. The molecule has 1 aliphatic heterocycles. The second-order valence-electron chi connectivity index (χ2n) is 5.92. The Labute approximate surface area is 131 Å². The molecular weight excluding hydrogens is 274 g/mol. The van der Waals surface area contributed by atoms with E-state index in [-0.39, 0.29) is 11.7 Å². The molecule has 1 unspecified atom stereocenters. The molecule has 0 spiro atoms. The van der Waals surface area contributed by atoms with Crippen molar-refractivity contribution in [1.82, 2.24) is 4.90 Å². The monoisotopic (exact) mass is 295 g/mol. The summed E-state index contributed by atoms with van der Waals surface area (Å²) in [7, 11) is 0. The van der Waals surface area contributed by atoms with Crippen molar-refractivity contribution in [3.8, 4) is 5.75 Å². The lowest BCUT2D eigenvalue weighted by Crippen LogP contribution is -2.37. The zero-order valence-corrected chi connectivity index (χ0v) is 12.6. The van der Waals surface area contributed by atoms with E-state index in [1.165, 1.54) is 5.56 Å². The third-order valence-electron chi connectivity index (χ3n) is 4.30. The first-order chi connectivity index (χ1) is 10.7. The highest BCUT2D eigenvalue weighted by atomic mass is 16.3. The van der Waals surface area contributed by atoms with Gasteiger partial charge in [-0.15, -0.1) is 0 Å². The van der Waals surface area contributed by atoms with Crippen LogP contribution in [0.2, 0.25) is 0 Å². The minimum absolute atomic E-state index is 0.184. The second kappa shape index (κ2) is 6.65. The number of rotatable bonds is 4. The standard InChI is InChI=1S/C19H21NO2/c21-18-10-8-16(9-11-18)14-19(22)20-12-4-7-17(20)13-15-5-2-1-3-6-15/h1-3,5-6,8-11,17,21H,4,7,12-14H2. The summed E-state index contributed by atoms with van der Waals surface area (Å²) in [4.78, 5) is 14.6. The molecule has 0 radical (unpaired) electrons. The molecule has 1 atom stereocenters. The van der Waals surface area contributed by atoms with Crippen LogP contribution in [-0.4, -0.2) is 28.5 Å². The van der Waals surface area contributed by atoms with Gasteiger partial charge in [0.15, 0.2) is 0 Å². The van der Waals surface area contributed by atoms with E-state index in [2.05, 4.69) is 12.1 Å². The lowest BCUT2D eigenvalue weighted by molar-refractivity contribution is -0.131. The number of likely N-dealkylation sites (tertiary alicyclic amines) is 1. The van der Waals surface area contributed by atoms with Gasteiger partial charge in [-0.25, -0.2) is 0 Å². The molecule has 1 amide bonds. The summed E-state index contributed by atoms with van der Waals surface area (Å²) in [5.41, 5.74) is 2.24. The molecule has 3 heteroatoms. The summed E-state index contributed by atoms with van der Waals surface area (Å²) < 4.78 is 0. The first-order valence-electron chi connectivity index (χ1n) is 7.83. The van der Waals surface area contributed by atoms with Crippen molar-refractivity contribution in [1.29, 1.82) is 0 Å². The molecule has 0 aliphatic carbocycles. The number of hydrogen-bond donors (Lipinski definition) is 1. The highest BCUT2D eigenvalue weighted by Gasteiger charge is 2.28. The van der Waals surface area contributed by atoms with Crippen LogP contribution in [0.1, 0.15) is 24.0 Å². The fourth-order valence-electron chi connectivity index (χ4n) is 3.15. The summed E-state index contributed by atoms with van der Waals surface area (Å²) >= 11 is 0. The third-order valence-corrected chi connectivity index (χ3v) is 4.30. The van der Waals surface area contributed by atoms with Gasteiger partial charge in [-0.1, -0.05) is 42.5 Å². The lowest BCUT2D eigenvalue weighted by atomic mass is 10.0. The van der Waals surface area contributed by atoms with E-state index in [1.807, 2.05) is 35.2 Å². The first-order valence-corrected chi connectivity index (χ1v) is 7.83. The van der Waals surface area contributed by atoms with Crippen molar-refractivity contribution in [2.75, 3.05) is 6.54 Å². The second-order valence-corrected chi connectivity index (χ2v) is 5.92. The van der Waals surface area contributed by atoms with Gasteiger partial charge < -0.3 is 10.0 Å². The fourth-order valence-corrected chi connectivity index (χ4v) is 3.15. The molecule has 1 fully saturated rings. The number of nitrogens with zero attached hydrogens (tertiary/aromatic N) is 1. The number of carbonyl (C=O) groups excluding carboxylic acids is 1. The van der Waals surface area contributed by atoms with E-state index in [0.717, 1.165) is 31.4 Å². The fraction of sp³-hybridized carbons (Fsp3) is 0.316. The molecule has 2 aromatic carbocycles. The topological polar surface area (TPSA) is 40.5 Å². The van der Waals surface area contributed by atoms with Crippen LogP contribution in [0.25, 0.3) is 0 Å². The van der Waals surface area contributed by atoms with E-state index in [1.54, 1.807) is 12.1 Å². The minimum atomic E-state index is 0.184. The van der Waals surface area contributed by atoms with E-state index in [0.29, 0.717) is 12.5 Å². The Hall–Kier alpha value is -2.29. The Morgan fingerprint density at radius 2 is 1.77 bits per heavy atom. The molecular formula is C19H21NO2. The normalized spacial score (nSPS) is 17.6. The number of aromatic hydroxyl groups is 1. The van der Waals surface area contributed by atoms with Crippen molar-refractivity contribution in [3.05, 3.63) is 65.7 Å². The van der Waals surface area contributed by atoms with Crippen molar-refractivity contribution in [2.24, 2.45) is 0 Å². The van der Waals surface area contributed by atoms with E-state index >= 15 is 0 Å². The number of amides is 1. The summed E-state index contributed by atoms with van der Waals surface area (Å²) in [5, 5.41) is 9.31. The quantitative estimate of drug-likeness (QED) is 0.941. The zero-order valence-electron chi connectivity index (χ0n) is 12.6. The SMILES string of the molecule is O=C(Cc1ccc(O)cc1)N1CCCC1Cc1ccccc1. The molecule has 114 valence electrons. The van der Waals surface area contributed by atoms with E-state index < -0.39 is 0 Å². The van der Waals surface area contributed by atoms with Gasteiger partial charge in [-0.05, 0) is 42.5 Å². The van der Waals surface area contributed by atoms with Crippen LogP contribution in [-0.2, 0) is 17.6 Å². The van der Waals surface area contributed by atoms with Crippen LogP contribution in [0.4, 0.5) is 0 Å². The van der Waals surface area contributed by atoms with Crippen LogP contribution in [0, 0.1) is 0 Å². The number of phenols is 1. The minimum Gasteiger partial charge on any atom is -0.508 e. The van der Waals surface area contributed by atoms with Crippen LogP contribution in [0.3, 0.4) is 0 Å². The molecule has 0 bridgehead atoms. The molecule has 0 aromatic heterocycles. The van der Waals surface area contributed by atoms with Crippen LogP contribution < -0.4 is 0 Å². The molecule has 1 heterocycles. The zero-order chi connectivity index (χ0) is 15.4. The Balaban J connectivity index is 1.64. The van der Waals surface area contributed by atoms with Crippen molar-refractivity contribution >= 4 is 5.91 Å². The predicted molar refractivity (Wildman–Crippen MR) is 86.7 cm³/mol. The van der Waals surface area contributed by atoms with Gasteiger partial charge >= 0.3 is 0 Å². The van der Waals surface area contributed by atoms with Crippen molar-refractivity contribution in [3.63, 3.8) is 0 Å². The van der Waals surface area contributed by atoms with Gasteiger partial charge in [0.1, 0.15) is 5.75 Å². The molecule has 2 aromatic rings. The van der Waals surface area contributed by atoms with Crippen molar-refractivity contribution in [2.45, 2.75) is 31.7 Å². The van der Waals surface area contributed by atoms with Gasteiger partial charge in [0.05, 0.1) is 6.42 Å². The molecule has 1 N–H and O–H groups in total. The maximum absolute atomic E-state index is 12.6. The lowest BCUT2D eigenvalue weighted by Gasteiger charge is -2.25.